The normalized spacial score (nSPS) is 23.4. The molecule has 0 aromatic rings. The van der Waals surface area contributed by atoms with Gasteiger partial charge in [0.1, 0.15) is 11.2 Å². The molecule has 5 amide bonds. The Morgan fingerprint density at radius 2 is 1.42 bits per heavy atom. The lowest BCUT2D eigenvalue weighted by Gasteiger charge is -2.30. The van der Waals surface area contributed by atoms with Crippen molar-refractivity contribution in [2.24, 2.45) is 0 Å². The largest absolute Gasteiger partial charge is 0.444 e. The highest BCUT2D eigenvalue weighted by molar-refractivity contribution is 8.00. The number of urea groups is 1. The van der Waals surface area contributed by atoms with Crippen molar-refractivity contribution in [1.82, 2.24) is 30.7 Å². The van der Waals surface area contributed by atoms with Gasteiger partial charge in [0.2, 0.25) is 5.91 Å². The molecule has 12 nitrogen and oxygen atoms in total. The fourth-order valence-electron chi connectivity index (χ4n) is 5.39. The third-order valence-electron chi connectivity index (χ3n) is 7.62. The van der Waals surface area contributed by atoms with Crippen molar-refractivity contribution in [3.05, 3.63) is 0 Å². The average molecular weight is 627 g/mol. The number of nitrogens with zero attached hydrogens (tertiary/aromatic N) is 3. The van der Waals surface area contributed by atoms with E-state index in [1.165, 1.54) is 0 Å². The number of hydrogen-bond donors (Lipinski definition) is 3. The van der Waals surface area contributed by atoms with E-state index >= 15 is 0 Å². The van der Waals surface area contributed by atoms with Crippen molar-refractivity contribution in [3.63, 3.8) is 0 Å². The first kappa shape index (κ1) is 35.1. The summed E-state index contributed by atoms with van der Waals surface area (Å²) in [6.45, 7) is 15.6. The van der Waals surface area contributed by atoms with Crippen LogP contribution in [0.3, 0.4) is 0 Å². The fourth-order valence-corrected chi connectivity index (χ4v) is 6.94. The summed E-state index contributed by atoms with van der Waals surface area (Å²) in [4.78, 5) is 55.2. The number of carbonyl (C=O) groups excluding carboxylic acids is 4. The topological polar surface area (TPSA) is 133 Å². The molecule has 246 valence electrons. The second kappa shape index (κ2) is 16.1. The maximum atomic E-state index is 12.9. The smallest absolute Gasteiger partial charge is 0.410 e. The maximum absolute atomic E-state index is 12.9. The molecule has 3 atom stereocenters. The standard InChI is InChI=1S/C30H54N6O6S/c1-29(2,3)41-27(39)35-17-15-34(16-18-36(20-19-35)28(40)42-30(4,5)6)14-10-9-13-31-24(37)12-8-7-11-23-25-22(21-43-23)32-26(38)33-25/h22-23,25H,7-21H2,1-6H3,(H,31,37)(H2,32,33,38)/t22-,23-,25-/m0/s1. The fraction of sp³-hybridized carbons (Fsp3) is 0.867. The van der Waals surface area contributed by atoms with E-state index in [9.17, 15) is 19.2 Å². The predicted octanol–water partition coefficient (Wildman–Crippen LogP) is 3.40. The number of ether oxygens (including phenoxy) is 2. The first-order valence-corrected chi connectivity index (χ1v) is 16.9. The number of carbonyl (C=O) groups is 4. The molecule has 3 heterocycles. The van der Waals surface area contributed by atoms with E-state index in [-0.39, 0.29) is 36.2 Å². The number of thioether (sulfide) groups is 1. The van der Waals surface area contributed by atoms with Crippen LogP contribution in [0, 0.1) is 0 Å². The summed E-state index contributed by atoms with van der Waals surface area (Å²) in [7, 11) is 0. The molecule has 0 aliphatic carbocycles. The van der Waals surface area contributed by atoms with E-state index in [0.717, 1.165) is 44.4 Å². The van der Waals surface area contributed by atoms with Crippen LogP contribution in [0.1, 0.15) is 80.1 Å². The van der Waals surface area contributed by atoms with Crippen molar-refractivity contribution >= 4 is 35.9 Å². The maximum Gasteiger partial charge on any atom is 0.410 e. The van der Waals surface area contributed by atoms with Gasteiger partial charge in [0.15, 0.2) is 0 Å². The summed E-state index contributed by atoms with van der Waals surface area (Å²) in [6.07, 6.45) is 4.32. The van der Waals surface area contributed by atoms with Crippen LogP contribution < -0.4 is 16.0 Å². The summed E-state index contributed by atoms with van der Waals surface area (Å²) < 4.78 is 11.2. The Morgan fingerprint density at radius 3 is 2.00 bits per heavy atom. The number of nitrogens with one attached hydrogen (secondary N) is 3. The Morgan fingerprint density at radius 1 is 0.837 bits per heavy atom. The molecule has 0 unspecified atom stereocenters. The molecule has 0 bridgehead atoms. The number of amides is 5. The summed E-state index contributed by atoms with van der Waals surface area (Å²) in [5.74, 6) is 1.03. The van der Waals surface area contributed by atoms with Crippen LogP contribution in [0.2, 0.25) is 0 Å². The lowest BCUT2D eigenvalue weighted by atomic mass is 10.0. The number of fused-ring (bicyclic) bond motifs is 1. The molecule has 3 fully saturated rings. The van der Waals surface area contributed by atoms with Crippen molar-refractivity contribution in [2.45, 2.75) is 109 Å². The summed E-state index contributed by atoms with van der Waals surface area (Å²) in [5, 5.41) is 9.45. The molecule has 0 aromatic carbocycles. The van der Waals surface area contributed by atoms with Crippen LogP contribution in [-0.4, -0.2) is 125 Å². The first-order chi connectivity index (χ1) is 20.2. The predicted molar refractivity (Wildman–Crippen MR) is 168 cm³/mol. The van der Waals surface area contributed by atoms with Crippen LogP contribution in [0.15, 0.2) is 0 Å². The van der Waals surface area contributed by atoms with Gasteiger partial charge in [0.05, 0.1) is 12.1 Å². The molecule has 0 aromatic heterocycles. The quantitative estimate of drug-likeness (QED) is 0.248. The van der Waals surface area contributed by atoms with Gasteiger partial charge in [-0.15, -0.1) is 0 Å². The first-order valence-electron chi connectivity index (χ1n) is 15.8. The molecule has 3 N–H and O–H groups in total. The Balaban J connectivity index is 1.37. The number of hydrogen-bond acceptors (Lipinski definition) is 8. The molecule has 3 saturated heterocycles. The molecule has 3 aliphatic rings. The molecule has 43 heavy (non-hydrogen) atoms. The second-order valence-electron chi connectivity index (χ2n) is 13.7. The van der Waals surface area contributed by atoms with E-state index in [1.54, 1.807) is 9.80 Å². The van der Waals surface area contributed by atoms with Crippen molar-refractivity contribution < 1.29 is 28.7 Å². The molecular weight excluding hydrogens is 572 g/mol. The minimum absolute atomic E-state index is 0.0629. The van der Waals surface area contributed by atoms with Gasteiger partial charge in [0, 0.05) is 63.2 Å². The lowest BCUT2D eigenvalue weighted by molar-refractivity contribution is -0.121. The van der Waals surface area contributed by atoms with Gasteiger partial charge >= 0.3 is 18.2 Å². The second-order valence-corrected chi connectivity index (χ2v) is 15.0. The Hall–Kier alpha value is -2.41. The van der Waals surface area contributed by atoms with Crippen LogP contribution in [0.4, 0.5) is 14.4 Å². The van der Waals surface area contributed by atoms with E-state index in [4.69, 9.17) is 9.47 Å². The zero-order valence-corrected chi connectivity index (χ0v) is 27.9. The van der Waals surface area contributed by atoms with Gasteiger partial charge in [-0.05, 0) is 73.8 Å². The minimum atomic E-state index is -0.602. The van der Waals surface area contributed by atoms with Crippen molar-refractivity contribution in [2.75, 3.05) is 58.1 Å². The lowest BCUT2D eigenvalue weighted by Crippen LogP contribution is -2.44. The van der Waals surface area contributed by atoms with Gasteiger partial charge in [0.25, 0.3) is 0 Å². The number of unbranched alkanes of at least 4 members (excludes halogenated alkanes) is 2. The summed E-state index contributed by atoms with van der Waals surface area (Å²) in [5.41, 5.74) is -1.20. The SMILES string of the molecule is CC(C)(C)OC(=O)N1CCN(CCCCNC(=O)CCCC[C@@H]2SC[C@@H]3NC(=O)N[C@@H]32)CCN(C(=O)OC(C)(C)C)CC1. The molecule has 3 rings (SSSR count). The van der Waals surface area contributed by atoms with Crippen molar-refractivity contribution in [1.29, 1.82) is 0 Å². The molecule has 0 spiro atoms. The minimum Gasteiger partial charge on any atom is -0.444 e. The zero-order valence-electron chi connectivity index (χ0n) is 27.0. The molecule has 0 saturated carbocycles. The van der Waals surface area contributed by atoms with Crippen LogP contribution in [0.5, 0.6) is 0 Å². The van der Waals surface area contributed by atoms with Crippen LogP contribution in [-0.2, 0) is 14.3 Å². The Labute approximate surface area is 261 Å². The summed E-state index contributed by atoms with van der Waals surface area (Å²) >= 11 is 1.90. The van der Waals surface area contributed by atoms with E-state index in [2.05, 4.69) is 20.9 Å². The van der Waals surface area contributed by atoms with Gasteiger partial charge < -0.3 is 35.2 Å². The highest BCUT2D eigenvalue weighted by atomic mass is 32.2. The average Bonchev–Trinajstić information content (AvgIpc) is 3.46. The van der Waals surface area contributed by atoms with E-state index in [1.807, 2.05) is 53.3 Å². The van der Waals surface area contributed by atoms with E-state index < -0.39 is 11.2 Å². The third kappa shape index (κ3) is 12.6. The Bertz CT molecular complexity index is 914. The molecule has 0 radical (unpaired) electrons. The number of rotatable bonds is 10. The molecule has 13 heteroatoms. The Kier molecular flexibility index (Phi) is 13.1. The monoisotopic (exact) mass is 626 g/mol. The zero-order chi connectivity index (χ0) is 31.6. The third-order valence-corrected chi connectivity index (χ3v) is 9.13. The summed E-state index contributed by atoms with van der Waals surface area (Å²) in [6, 6.07) is 0.388. The van der Waals surface area contributed by atoms with Crippen LogP contribution >= 0.6 is 11.8 Å². The van der Waals surface area contributed by atoms with E-state index in [0.29, 0.717) is 57.5 Å². The molecular formula is C30H54N6O6S. The van der Waals surface area contributed by atoms with Gasteiger partial charge in [-0.25, -0.2) is 14.4 Å². The van der Waals surface area contributed by atoms with Crippen LogP contribution in [0.25, 0.3) is 0 Å². The van der Waals surface area contributed by atoms with Gasteiger partial charge in [-0.2, -0.15) is 11.8 Å². The van der Waals surface area contributed by atoms with Gasteiger partial charge in [-0.1, -0.05) is 6.42 Å². The highest BCUT2D eigenvalue weighted by Gasteiger charge is 2.42. The van der Waals surface area contributed by atoms with Crippen molar-refractivity contribution in [3.8, 4) is 0 Å². The van der Waals surface area contributed by atoms with Gasteiger partial charge in [-0.3, -0.25) is 9.69 Å². The highest BCUT2D eigenvalue weighted by Crippen LogP contribution is 2.33. The molecule has 3 aliphatic heterocycles.